The van der Waals surface area contributed by atoms with Gasteiger partial charge in [0.1, 0.15) is 17.0 Å². The van der Waals surface area contributed by atoms with Crippen molar-refractivity contribution in [1.29, 1.82) is 0 Å². The van der Waals surface area contributed by atoms with Gasteiger partial charge in [-0.2, -0.15) is 0 Å². The molecule has 4 aromatic rings. The van der Waals surface area contributed by atoms with E-state index in [9.17, 15) is 9.18 Å². The lowest BCUT2D eigenvalue weighted by molar-refractivity contribution is -0.132. The largest absolute Gasteiger partial charge is 0.467 e. The lowest BCUT2D eigenvalue weighted by Crippen LogP contribution is -2.31. The van der Waals surface area contributed by atoms with E-state index < -0.39 is 0 Å². The van der Waals surface area contributed by atoms with Gasteiger partial charge in [0.2, 0.25) is 5.88 Å². The van der Waals surface area contributed by atoms with Crippen molar-refractivity contribution in [3.63, 3.8) is 0 Å². The van der Waals surface area contributed by atoms with Crippen molar-refractivity contribution in [1.82, 2.24) is 14.9 Å². The number of hydrogen-bond donors (Lipinski definition) is 0. The Hall–Kier alpha value is -3.32. The average Bonchev–Trinajstić information content (AvgIpc) is 3.18. The molecule has 0 radical (unpaired) electrons. The van der Waals surface area contributed by atoms with Crippen LogP contribution in [0.3, 0.4) is 0 Å². The van der Waals surface area contributed by atoms with Crippen LogP contribution >= 0.6 is 11.3 Å². The van der Waals surface area contributed by atoms with Crippen molar-refractivity contribution >= 4 is 27.5 Å². The van der Waals surface area contributed by atoms with E-state index in [4.69, 9.17) is 4.74 Å². The molecule has 0 aliphatic heterocycles. The van der Waals surface area contributed by atoms with Gasteiger partial charge in [-0.05, 0) is 23.3 Å². The SMILES string of the molecule is CN(Cc1ccccc1)C(=O)COc1ncnc2scc(-c3ccc(F)cc3)c12. The molecule has 0 unspecified atom stereocenters. The second kappa shape index (κ2) is 8.36. The van der Waals surface area contributed by atoms with Crippen molar-refractivity contribution in [2.75, 3.05) is 13.7 Å². The number of amides is 1. The monoisotopic (exact) mass is 407 g/mol. The van der Waals surface area contributed by atoms with Crippen LogP contribution in [0.4, 0.5) is 4.39 Å². The number of fused-ring (bicyclic) bond motifs is 1. The number of carbonyl (C=O) groups excluding carboxylic acids is 1. The molecule has 0 saturated carbocycles. The first-order valence-corrected chi connectivity index (χ1v) is 9.88. The standard InChI is InChI=1S/C22H18FN3O2S/c1-26(11-15-5-3-2-4-6-15)19(27)12-28-21-20-18(13-29-22(20)25-14-24-21)16-7-9-17(23)10-8-16/h2-10,13-14H,11-12H2,1H3. The maximum Gasteiger partial charge on any atom is 0.260 e. The van der Waals surface area contributed by atoms with Crippen molar-refractivity contribution in [2.24, 2.45) is 0 Å². The van der Waals surface area contributed by atoms with Crippen LogP contribution in [-0.2, 0) is 11.3 Å². The second-order valence-corrected chi connectivity index (χ2v) is 7.40. The maximum absolute atomic E-state index is 13.3. The molecular formula is C22H18FN3O2S. The zero-order chi connectivity index (χ0) is 20.2. The number of rotatable bonds is 6. The normalized spacial score (nSPS) is 10.8. The first-order valence-electron chi connectivity index (χ1n) is 9.00. The summed E-state index contributed by atoms with van der Waals surface area (Å²) in [6.07, 6.45) is 1.42. The fourth-order valence-electron chi connectivity index (χ4n) is 2.98. The van der Waals surface area contributed by atoms with Gasteiger partial charge in [0.25, 0.3) is 5.91 Å². The van der Waals surface area contributed by atoms with Crippen molar-refractivity contribution in [3.8, 4) is 17.0 Å². The van der Waals surface area contributed by atoms with Gasteiger partial charge in [0, 0.05) is 24.5 Å². The highest BCUT2D eigenvalue weighted by molar-refractivity contribution is 7.17. The van der Waals surface area contributed by atoms with Crippen LogP contribution < -0.4 is 4.74 Å². The van der Waals surface area contributed by atoms with Crippen LogP contribution in [0.25, 0.3) is 21.3 Å². The molecular weight excluding hydrogens is 389 g/mol. The van der Waals surface area contributed by atoms with E-state index in [1.54, 1.807) is 24.1 Å². The van der Waals surface area contributed by atoms with Gasteiger partial charge in [0.15, 0.2) is 6.61 Å². The van der Waals surface area contributed by atoms with Crippen LogP contribution in [0.15, 0.2) is 66.3 Å². The summed E-state index contributed by atoms with van der Waals surface area (Å²) in [6, 6.07) is 16.0. The van der Waals surface area contributed by atoms with Crippen molar-refractivity contribution < 1.29 is 13.9 Å². The van der Waals surface area contributed by atoms with E-state index in [1.165, 1.54) is 29.8 Å². The van der Waals surface area contributed by atoms with E-state index in [1.807, 2.05) is 35.7 Å². The Kier molecular flexibility index (Phi) is 5.48. The first-order chi connectivity index (χ1) is 14.1. The average molecular weight is 407 g/mol. The quantitative estimate of drug-likeness (QED) is 0.471. The third kappa shape index (κ3) is 4.25. The van der Waals surface area contributed by atoms with Crippen LogP contribution in [0.2, 0.25) is 0 Å². The number of nitrogens with zero attached hydrogens (tertiary/aromatic N) is 3. The van der Waals surface area contributed by atoms with Gasteiger partial charge in [-0.3, -0.25) is 4.79 Å². The van der Waals surface area contributed by atoms with E-state index in [0.717, 1.165) is 26.9 Å². The molecule has 2 aromatic heterocycles. The number of aromatic nitrogens is 2. The fourth-order valence-corrected chi connectivity index (χ4v) is 3.89. The topological polar surface area (TPSA) is 55.3 Å². The minimum atomic E-state index is -0.298. The molecule has 1 amide bonds. The minimum absolute atomic E-state index is 0.131. The predicted molar refractivity (Wildman–Crippen MR) is 111 cm³/mol. The third-order valence-electron chi connectivity index (χ3n) is 4.51. The molecule has 0 aliphatic rings. The summed E-state index contributed by atoms with van der Waals surface area (Å²) in [5, 5.41) is 2.66. The summed E-state index contributed by atoms with van der Waals surface area (Å²) >= 11 is 1.45. The molecule has 5 nitrogen and oxygen atoms in total. The molecule has 0 saturated heterocycles. The molecule has 0 N–H and O–H groups in total. The Bertz CT molecular complexity index is 1130. The highest BCUT2D eigenvalue weighted by Crippen LogP contribution is 2.37. The van der Waals surface area contributed by atoms with Crippen LogP contribution in [-0.4, -0.2) is 34.4 Å². The first kappa shape index (κ1) is 19.0. The summed E-state index contributed by atoms with van der Waals surface area (Å²) in [6.45, 7) is 0.371. The zero-order valence-corrected chi connectivity index (χ0v) is 16.5. The highest BCUT2D eigenvalue weighted by Gasteiger charge is 2.16. The lowest BCUT2D eigenvalue weighted by atomic mass is 10.1. The summed E-state index contributed by atoms with van der Waals surface area (Å²) < 4.78 is 19.0. The Balaban J connectivity index is 1.53. The number of ether oxygens (including phenoxy) is 1. The molecule has 0 bridgehead atoms. The number of hydrogen-bond acceptors (Lipinski definition) is 5. The smallest absolute Gasteiger partial charge is 0.260 e. The molecule has 0 fully saturated rings. The number of halogens is 1. The number of likely N-dealkylation sites (N-methyl/N-ethyl adjacent to an activating group) is 1. The molecule has 146 valence electrons. The molecule has 0 atom stereocenters. The van der Waals surface area contributed by atoms with Crippen molar-refractivity contribution in [2.45, 2.75) is 6.54 Å². The Labute approximate surface area is 171 Å². The van der Waals surface area contributed by atoms with Crippen LogP contribution in [0.1, 0.15) is 5.56 Å². The van der Waals surface area contributed by atoms with Crippen molar-refractivity contribution in [3.05, 3.63) is 77.7 Å². The molecule has 29 heavy (non-hydrogen) atoms. The summed E-state index contributed by atoms with van der Waals surface area (Å²) in [5.41, 5.74) is 2.74. The molecule has 2 heterocycles. The lowest BCUT2D eigenvalue weighted by Gasteiger charge is -2.17. The van der Waals surface area contributed by atoms with E-state index in [2.05, 4.69) is 9.97 Å². The van der Waals surface area contributed by atoms with E-state index in [0.29, 0.717) is 12.4 Å². The number of thiophene rings is 1. The van der Waals surface area contributed by atoms with Crippen LogP contribution in [0.5, 0.6) is 5.88 Å². The molecule has 2 aromatic carbocycles. The maximum atomic E-state index is 13.3. The highest BCUT2D eigenvalue weighted by atomic mass is 32.1. The molecule has 7 heteroatoms. The van der Waals surface area contributed by atoms with Gasteiger partial charge >= 0.3 is 0 Å². The van der Waals surface area contributed by atoms with Gasteiger partial charge in [0.05, 0.1) is 5.39 Å². The zero-order valence-electron chi connectivity index (χ0n) is 15.7. The summed E-state index contributed by atoms with van der Waals surface area (Å²) in [5.74, 6) is -0.107. The minimum Gasteiger partial charge on any atom is -0.467 e. The Morgan fingerprint density at radius 2 is 1.86 bits per heavy atom. The Morgan fingerprint density at radius 1 is 1.10 bits per heavy atom. The summed E-state index contributed by atoms with van der Waals surface area (Å²) in [4.78, 5) is 23.4. The predicted octanol–water partition coefficient (Wildman–Crippen LogP) is 4.53. The van der Waals surface area contributed by atoms with E-state index in [-0.39, 0.29) is 18.3 Å². The Morgan fingerprint density at radius 3 is 2.62 bits per heavy atom. The summed E-state index contributed by atoms with van der Waals surface area (Å²) in [7, 11) is 1.74. The molecule has 4 rings (SSSR count). The molecule has 0 spiro atoms. The third-order valence-corrected chi connectivity index (χ3v) is 5.40. The second-order valence-electron chi connectivity index (χ2n) is 6.54. The van der Waals surface area contributed by atoms with Crippen LogP contribution in [0, 0.1) is 5.82 Å². The van der Waals surface area contributed by atoms with Gasteiger partial charge in [-0.1, -0.05) is 42.5 Å². The number of carbonyl (C=O) groups is 1. The fraction of sp³-hybridized carbons (Fsp3) is 0.136. The van der Waals surface area contributed by atoms with E-state index >= 15 is 0 Å². The van der Waals surface area contributed by atoms with Gasteiger partial charge < -0.3 is 9.64 Å². The van der Waals surface area contributed by atoms with Gasteiger partial charge in [-0.25, -0.2) is 14.4 Å². The number of benzene rings is 2. The molecule has 0 aliphatic carbocycles. The van der Waals surface area contributed by atoms with Gasteiger partial charge in [-0.15, -0.1) is 11.3 Å².